The summed E-state index contributed by atoms with van der Waals surface area (Å²) in [6.45, 7) is 8.30. The monoisotopic (exact) mass is 355 g/mol. The van der Waals surface area contributed by atoms with Gasteiger partial charge in [-0.2, -0.15) is 0 Å². The zero-order valence-corrected chi connectivity index (χ0v) is 15.2. The zero-order valence-electron chi connectivity index (χ0n) is 14.4. The molecule has 0 bridgehead atoms. The number of hydrogen-bond acceptors (Lipinski definition) is 4. The number of nitro benzene ring substituents is 1. The lowest BCUT2D eigenvalue weighted by atomic mass is 9.85. The van der Waals surface area contributed by atoms with Gasteiger partial charge in [-0.25, -0.2) is 0 Å². The first kappa shape index (κ1) is 20.4. The van der Waals surface area contributed by atoms with E-state index in [4.69, 9.17) is 0 Å². The minimum absolute atomic E-state index is 0. The smallest absolute Gasteiger partial charge is 0.273 e. The number of amides is 1. The summed E-state index contributed by atoms with van der Waals surface area (Å²) < 4.78 is 0. The molecule has 1 unspecified atom stereocenters. The molecule has 1 atom stereocenters. The van der Waals surface area contributed by atoms with E-state index >= 15 is 0 Å². The van der Waals surface area contributed by atoms with Crippen LogP contribution in [0.3, 0.4) is 0 Å². The van der Waals surface area contributed by atoms with Crippen LogP contribution < -0.4 is 10.6 Å². The number of rotatable bonds is 4. The topological polar surface area (TPSA) is 84.3 Å². The number of carbonyl (C=O) groups is 1. The van der Waals surface area contributed by atoms with Gasteiger partial charge >= 0.3 is 0 Å². The summed E-state index contributed by atoms with van der Waals surface area (Å²) in [7, 11) is 0. The third kappa shape index (κ3) is 5.18. The standard InChI is InChI=1S/C17H25N3O3.ClH/c1-17(2,3)14-7-6-13(9-15(14)20(22)23)16(21)19-11-12-5-4-8-18-10-12;/h6-7,9,12,18H,4-5,8,10-11H2,1-3H3,(H,19,21);1H. The first-order valence-electron chi connectivity index (χ1n) is 8.07. The van der Waals surface area contributed by atoms with Gasteiger partial charge in [-0.15, -0.1) is 12.4 Å². The number of piperidine rings is 1. The minimum Gasteiger partial charge on any atom is -0.352 e. The van der Waals surface area contributed by atoms with Crippen molar-refractivity contribution in [3.05, 3.63) is 39.4 Å². The number of benzene rings is 1. The van der Waals surface area contributed by atoms with Gasteiger partial charge in [0.25, 0.3) is 11.6 Å². The third-order valence-corrected chi connectivity index (χ3v) is 4.21. The Kier molecular flexibility index (Phi) is 7.17. The normalized spacial score (nSPS) is 17.7. The van der Waals surface area contributed by atoms with Crippen LogP contribution >= 0.6 is 12.4 Å². The second-order valence-electron chi connectivity index (χ2n) is 7.16. The van der Waals surface area contributed by atoms with Gasteiger partial charge in [0.1, 0.15) is 0 Å². The van der Waals surface area contributed by atoms with Crippen molar-refractivity contribution >= 4 is 24.0 Å². The third-order valence-electron chi connectivity index (χ3n) is 4.21. The number of halogens is 1. The molecule has 1 amide bonds. The molecule has 1 heterocycles. The van der Waals surface area contributed by atoms with Crippen molar-refractivity contribution in [3.8, 4) is 0 Å². The number of carbonyl (C=O) groups excluding carboxylic acids is 1. The van der Waals surface area contributed by atoms with Gasteiger partial charge < -0.3 is 10.6 Å². The average Bonchev–Trinajstić information content (AvgIpc) is 2.52. The predicted octanol–water partition coefficient (Wildman–Crippen LogP) is 3.04. The summed E-state index contributed by atoms with van der Waals surface area (Å²) in [5, 5.41) is 17.5. The van der Waals surface area contributed by atoms with Crippen LogP contribution in [0.5, 0.6) is 0 Å². The molecule has 7 heteroatoms. The van der Waals surface area contributed by atoms with E-state index in [1.807, 2.05) is 20.8 Å². The lowest BCUT2D eigenvalue weighted by molar-refractivity contribution is -0.386. The quantitative estimate of drug-likeness (QED) is 0.642. The van der Waals surface area contributed by atoms with Gasteiger partial charge in [0.05, 0.1) is 4.92 Å². The molecule has 1 aliphatic rings. The molecule has 1 aromatic rings. The Balaban J connectivity index is 0.00000288. The summed E-state index contributed by atoms with van der Waals surface area (Å²) >= 11 is 0. The number of nitro groups is 1. The highest BCUT2D eigenvalue weighted by Crippen LogP contribution is 2.31. The lowest BCUT2D eigenvalue weighted by Gasteiger charge is -2.23. The molecule has 0 radical (unpaired) electrons. The van der Waals surface area contributed by atoms with Crippen LogP contribution in [0, 0.1) is 16.0 Å². The Morgan fingerprint density at radius 2 is 2.12 bits per heavy atom. The SMILES string of the molecule is CC(C)(C)c1ccc(C(=O)NCC2CCCNC2)cc1[N+](=O)[O-].Cl. The molecule has 2 N–H and O–H groups in total. The van der Waals surface area contributed by atoms with E-state index in [9.17, 15) is 14.9 Å². The highest BCUT2D eigenvalue weighted by molar-refractivity contribution is 5.95. The summed E-state index contributed by atoms with van der Waals surface area (Å²) in [6.07, 6.45) is 2.21. The Morgan fingerprint density at radius 1 is 1.42 bits per heavy atom. The Labute approximate surface area is 149 Å². The Hall–Kier alpha value is -1.66. The summed E-state index contributed by atoms with van der Waals surface area (Å²) in [4.78, 5) is 23.2. The molecule has 24 heavy (non-hydrogen) atoms. The molecule has 0 aliphatic carbocycles. The van der Waals surface area contributed by atoms with Gasteiger partial charge in [0, 0.05) is 23.7 Å². The molecule has 1 aliphatic heterocycles. The minimum atomic E-state index is -0.414. The Morgan fingerprint density at radius 3 is 2.67 bits per heavy atom. The van der Waals surface area contributed by atoms with Crippen LogP contribution in [0.15, 0.2) is 18.2 Å². The van der Waals surface area contributed by atoms with Crippen molar-refractivity contribution in [2.24, 2.45) is 5.92 Å². The van der Waals surface area contributed by atoms with E-state index < -0.39 is 4.92 Å². The fourth-order valence-electron chi connectivity index (χ4n) is 2.90. The summed E-state index contributed by atoms with van der Waals surface area (Å²) in [5.41, 5.74) is 0.638. The van der Waals surface area contributed by atoms with Crippen molar-refractivity contribution in [2.45, 2.75) is 39.0 Å². The molecule has 0 saturated carbocycles. The van der Waals surface area contributed by atoms with Crippen molar-refractivity contribution < 1.29 is 9.72 Å². The molecule has 6 nitrogen and oxygen atoms in total. The first-order chi connectivity index (χ1) is 10.8. The van der Waals surface area contributed by atoms with Gasteiger partial charge in [0.2, 0.25) is 0 Å². The van der Waals surface area contributed by atoms with Crippen LogP contribution in [0.25, 0.3) is 0 Å². The maximum atomic E-state index is 12.3. The molecule has 134 valence electrons. The van der Waals surface area contributed by atoms with Crippen molar-refractivity contribution in [1.29, 1.82) is 0 Å². The summed E-state index contributed by atoms with van der Waals surface area (Å²) in [5.74, 6) is 0.177. The molecular formula is C17H26ClN3O3. The van der Waals surface area contributed by atoms with E-state index in [2.05, 4.69) is 10.6 Å². The molecule has 2 rings (SSSR count). The van der Waals surface area contributed by atoms with E-state index in [0.717, 1.165) is 25.9 Å². The fraction of sp³-hybridized carbons (Fsp3) is 0.588. The maximum Gasteiger partial charge on any atom is 0.273 e. The number of hydrogen-bond donors (Lipinski definition) is 2. The van der Waals surface area contributed by atoms with Gasteiger partial charge in [-0.05, 0) is 43.3 Å². The van der Waals surface area contributed by atoms with Gasteiger partial charge in [-0.3, -0.25) is 14.9 Å². The molecule has 0 aromatic heterocycles. The van der Waals surface area contributed by atoms with Crippen molar-refractivity contribution in [1.82, 2.24) is 10.6 Å². The Bertz CT molecular complexity index is 593. The van der Waals surface area contributed by atoms with Gasteiger partial charge in [-0.1, -0.05) is 26.8 Å². The summed E-state index contributed by atoms with van der Waals surface area (Å²) in [6, 6.07) is 4.74. The van der Waals surface area contributed by atoms with Crippen LogP contribution in [0.1, 0.15) is 49.5 Å². The van der Waals surface area contributed by atoms with Crippen LogP contribution in [-0.2, 0) is 5.41 Å². The number of nitrogens with one attached hydrogen (secondary N) is 2. The maximum absolute atomic E-state index is 12.3. The second-order valence-corrected chi connectivity index (χ2v) is 7.16. The lowest BCUT2D eigenvalue weighted by Crippen LogP contribution is -2.38. The zero-order chi connectivity index (χ0) is 17.0. The predicted molar refractivity (Wildman–Crippen MR) is 97.0 cm³/mol. The molecule has 0 spiro atoms. The molecular weight excluding hydrogens is 330 g/mol. The van der Waals surface area contributed by atoms with Crippen molar-refractivity contribution in [2.75, 3.05) is 19.6 Å². The average molecular weight is 356 g/mol. The second kappa shape index (κ2) is 8.44. The van der Waals surface area contributed by atoms with Gasteiger partial charge in [0.15, 0.2) is 0 Å². The van der Waals surface area contributed by atoms with E-state index in [1.54, 1.807) is 12.1 Å². The fourth-order valence-corrected chi connectivity index (χ4v) is 2.90. The largest absolute Gasteiger partial charge is 0.352 e. The van der Waals surface area contributed by atoms with E-state index in [0.29, 0.717) is 23.6 Å². The van der Waals surface area contributed by atoms with Crippen LogP contribution in [0.4, 0.5) is 5.69 Å². The van der Waals surface area contributed by atoms with E-state index in [1.165, 1.54) is 6.07 Å². The molecule has 1 saturated heterocycles. The van der Waals surface area contributed by atoms with Crippen LogP contribution in [-0.4, -0.2) is 30.5 Å². The number of nitrogens with zero attached hydrogens (tertiary/aromatic N) is 1. The van der Waals surface area contributed by atoms with E-state index in [-0.39, 0.29) is 29.4 Å². The molecule has 1 fully saturated rings. The highest BCUT2D eigenvalue weighted by atomic mass is 35.5. The first-order valence-corrected chi connectivity index (χ1v) is 8.07. The molecule has 1 aromatic carbocycles. The van der Waals surface area contributed by atoms with Crippen LogP contribution in [0.2, 0.25) is 0 Å². The highest BCUT2D eigenvalue weighted by Gasteiger charge is 2.26. The van der Waals surface area contributed by atoms with Crippen molar-refractivity contribution in [3.63, 3.8) is 0 Å².